The number of aryl methyl sites for hydroxylation is 3. The summed E-state index contributed by atoms with van der Waals surface area (Å²) < 4.78 is 6.75. The Balaban J connectivity index is 1.47. The van der Waals surface area contributed by atoms with Crippen LogP contribution >= 0.6 is 0 Å². The van der Waals surface area contributed by atoms with Gasteiger partial charge in [-0.05, 0) is 86.0 Å². The summed E-state index contributed by atoms with van der Waals surface area (Å²) in [7, 11) is 1.38. The molecule has 43 heavy (non-hydrogen) atoms. The van der Waals surface area contributed by atoms with E-state index in [0.29, 0.717) is 28.9 Å². The van der Waals surface area contributed by atoms with Crippen molar-refractivity contribution in [1.29, 1.82) is 0 Å². The first-order valence-electron chi connectivity index (χ1n) is 14.0. The van der Waals surface area contributed by atoms with Crippen molar-refractivity contribution in [2.75, 3.05) is 17.3 Å². The van der Waals surface area contributed by atoms with Gasteiger partial charge in [-0.2, -0.15) is 9.78 Å². The second-order valence-electron chi connectivity index (χ2n) is 10.6. The molecule has 0 spiro atoms. The highest BCUT2D eigenvalue weighted by Gasteiger charge is 2.41. The Morgan fingerprint density at radius 2 is 1.67 bits per heavy atom. The second-order valence-corrected chi connectivity index (χ2v) is 10.6. The van der Waals surface area contributed by atoms with Gasteiger partial charge in [-0.15, -0.1) is 0 Å². The standard InChI is InChI=1S/C34H29N7O2/c1-20-12-17-25(19-21(20)2)36-31-33-38-32-29(22(3)39-41(32)28-11-7-8-18-35-28)30(23-13-15-24(16-14-23)34(42)43-4)40(33)27-10-6-5-9-26(27)37-31/h5-19,30H,1-4H3,(H,36,37)/t30-/m0/s1. The lowest BCUT2D eigenvalue weighted by Crippen LogP contribution is -2.46. The molecule has 2 aliphatic rings. The van der Waals surface area contributed by atoms with Crippen molar-refractivity contribution in [2.45, 2.75) is 26.8 Å². The van der Waals surface area contributed by atoms with Crippen LogP contribution in [-0.4, -0.2) is 39.5 Å². The van der Waals surface area contributed by atoms with Crippen molar-refractivity contribution in [1.82, 2.24) is 14.8 Å². The molecule has 0 fully saturated rings. The van der Waals surface area contributed by atoms with Gasteiger partial charge >= 0.3 is 5.97 Å². The number of anilines is 2. The molecule has 4 heterocycles. The van der Waals surface area contributed by atoms with Crippen LogP contribution < -0.4 is 10.2 Å². The van der Waals surface area contributed by atoms with Crippen LogP contribution in [0, 0.1) is 20.8 Å². The van der Waals surface area contributed by atoms with Crippen LogP contribution in [0.4, 0.5) is 22.9 Å². The Morgan fingerprint density at radius 1 is 0.884 bits per heavy atom. The van der Waals surface area contributed by atoms with Crippen LogP contribution in [0.15, 0.2) is 101 Å². The first-order valence-corrected chi connectivity index (χ1v) is 14.0. The van der Waals surface area contributed by atoms with E-state index >= 15 is 0 Å². The van der Waals surface area contributed by atoms with Crippen molar-refractivity contribution in [3.8, 4) is 5.82 Å². The third-order valence-corrected chi connectivity index (χ3v) is 7.92. The Hall–Kier alpha value is -5.57. The van der Waals surface area contributed by atoms with E-state index in [1.165, 1.54) is 18.2 Å². The molecule has 5 aromatic rings. The SMILES string of the molecule is COC(=O)c1ccc([C@H]2c3c(C)nn(-c4ccccn4)c3N=C3C(Nc4ccc(C)c(C)c4)=Nc4ccccc4N32)cc1. The van der Waals surface area contributed by atoms with Crippen LogP contribution in [0.2, 0.25) is 0 Å². The summed E-state index contributed by atoms with van der Waals surface area (Å²) >= 11 is 0. The van der Waals surface area contributed by atoms with Crippen LogP contribution in [0.3, 0.4) is 0 Å². The van der Waals surface area contributed by atoms with E-state index in [9.17, 15) is 4.79 Å². The van der Waals surface area contributed by atoms with Crippen LogP contribution in [0.5, 0.6) is 0 Å². The molecule has 0 amide bonds. The number of nitrogens with zero attached hydrogens (tertiary/aromatic N) is 6. The highest BCUT2D eigenvalue weighted by molar-refractivity contribution is 6.51. The number of hydrogen-bond acceptors (Lipinski definition) is 8. The molecular formula is C34H29N7O2. The Labute approximate surface area is 249 Å². The maximum Gasteiger partial charge on any atom is 0.337 e. The molecule has 0 radical (unpaired) electrons. The monoisotopic (exact) mass is 567 g/mol. The zero-order chi connectivity index (χ0) is 29.7. The number of methoxy groups -OCH3 is 1. The molecule has 0 saturated carbocycles. The summed E-state index contributed by atoms with van der Waals surface area (Å²) in [5, 5.41) is 8.49. The fraction of sp³-hybridized carbons (Fsp3) is 0.147. The Bertz CT molecular complexity index is 1940. The van der Waals surface area contributed by atoms with Gasteiger partial charge in [-0.3, -0.25) is 0 Å². The molecule has 2 aromatic heterocycles. The zero-order valence-electron chi connectivity index (χ0n) is 24.2. The summed E-state index contributed by atoms with van der Waals surface area (Å²) in [4.78, 5) is 29.4. The van der Waals surface area contributed by atoms with Crippen molar-refractivity contribution in [3.63, 3.8) is 0 Å². The number of benzene rings is 3. The lowest BCUT2D eigenvalue weighted by molar-refractivity contribution is 0.0600. The lowest BCUT2D eigenvalue weighted by atomic mass is 9.92. The highest BCUT2D eigenvalue weighted by atomic mass is 16.5. The fourth-order valence-electron chi connectivity index (χ4n) is 5.63. The molecule has 1 N–H and O–H groups in total. The summed E-state index contributed by atoms with van der Waals surface area (Å²) in [6, 6.07) is 27.2. The van der Waals surface area contributed by atoms with Gasteiger partial charge in [0.1, 0.15) is 0 Å². The summed E-state index contributed by atoms with van der Waals surface area (Å²) in [6.07, 6.45) is 1.75. The first-order chi connectivity index (χ1) is 20.9. The number of fused-ring (bicyclic) bond motifs is 4. The van der Waals surface area contributed by atoms with Crippen LogP contribution in [0.1, 0.15) is 44.3 Å². The molecule has 0 saturated heterocycles. The summed E-state index contributed by atoms with van der Waals surface area (Å²) in [6.45, 7) is 6.18. The molecule has 1 atom stereocenters. The van der Waals surface area contributed by atoms with Gasteiger partial charge in [-0.1, -0.05) is 36.4 Å². The van der Waals surface area contributed by atoms with E-state index in [1.54, 1.807) is 23.0 Å². The van der Waals surface area contributed by atoms with Crippen LogP contribution in [-0.2, 0) is 4.74 Å². The Kier molecular flexibility index (Phi) is 6.35. The normalized spacial score (nSPS) is 15.1. The molecule has 0 unspecified atom stereocenters. The molecule has 7 rings (SSSR count). The first kappa shape index (κ1) is 26.3. The molecule has 3 aromatic carbocycles. The number of ether oxygens (including phenoxy) is 1. The molecular weight excluding hydrogens is 538 g/mol. The fourth-order valence-corrected chi connectivity index (χ4v) is 5.63. The second kappa shape index (κ2) is 10.4. The van der Waals surface area contributed by atoms with Gasteiger partial charge in [0.25, 0.3) is 0 Å². The minimum absolute atomic E-state index is 0.320. The number of hydrogen-bond donors (Lipinski definition) is 1. The molecule has 2 aliphatic heterocycles. The number of carbonyl (C=O) groups is 1. The number of nitrogens with one attached hydrogen (secondary N) is 1. The molecule has 0 aliphatic carbocycles. The maximum absolute atomic E-state index is 12.3. The number of rotatable bonds is 4. The molecule has 9 heteroatoms. The van der Waals surface area contributed by atoms with Crippen molar-refractivity contribution >= 4 is 40.5 Å². The van der Waals surface area contributed by atoms with Gasteiger partial charge in [0, 0.05) is 17.4 Å². The van der Waals surface area contributed by atoms with Crippen molar-refractivity contribution in [2.24, 2.45) is 9.98 Å². The average molecular weight is 568 g/mol. The average Bonchev–Trinajstić information content (AvgIpc) is 3.37. The van der Waals surface area contributed by atoms with E-state index in [2.05, 4.69) is 53.3 Å². The van der Waals surface area contributed by atoms with E-state index < -0.39 is 0 Å². The lowest BCUT2D eigenvalue weighted by Gasteiger charge is -2.40. The largest absolute Gasteiger partial charge is 0.465 e. The molecule has 0 bridgehead atoms. The van der Waals surface area contributed by atoms with Crippen molar-refractivity contribution < 1.29 is 9.53 Å². The Morgan fingerprint density at radius 3 is 2.42 bits per heavy atom. The minimum atomic E-state index is -0.382. The topological polar surface area (TPSA) is 97.0 Å². The van der Waals surface area contributed by atoms with Crippen molar-refractivity contribution in [3.05, 3.63) is 125 Å². The zero-order valence-corrected chi connectivity index (χ0v) is 24.2. The number of aliphatic imine (C=N–C) groups is 2. The van der Waals surface area contributed by atoms with Gasteiger partial charge in [0.15, 0.2) is 23.3 Å². The summed E-state index contributed by atoms with van der Waals surface area (Å²) in [5.41, 5.74) is 8.28. The van der Waals surface area contributed by atoms with E-state index in [0.717, 1.165) is 33.9 Å². The number of carbonyl (C=O) groups excluding carboxylic acids is 1. The number of para-hydroxylation sites is 2. The van der Waals surface area contributed by atoms with Gasteiger partial charge in [-0.25, -0.2) is 19.8 Å². The van der Waals surface area contributed by atoms with Crippen LogP contribution in [0.25, 0.3) is 5.82 Å². The van der Waals surface area contributed by atoms with E-state index in [1.807, 2.05) is 55.5 Å². The molecule has 212 valence electrons. The quantitative estimate of drug-likeness (QED) is 0.241. The number of aromatic nitrogens is 3. The third kappa shape index (κ3) is 4.46. The third-order valence-electron chi connectivity index (χ3n) is 7.92. The maximum atomic E-state index is 12.3. The predicted octanol–water partition coefficient (Wildman–Crippen LogP) is 6.77. The minimum Gasteiger partial charge on any atom is -0.465 e. The van der Waals surface area contributed by atoms with Gasteiger partial charge < -0.3 is 15.0 Å². The van der Waals surface area contributed by atoms with E-state index in [-0.39, 0.29) is 12.0 Å². The molecule has 9 nitrogen and oxygen atoms in total. The number of esters is 1. The number of amidine groups is 2. The number of pyridine rings is 1. The van der Waals surface area contributed by atoms with E-state index in [4.69, 9.17) is 19.8 Å². The van der Waals surface area contributed by atoms with Gasteiger partial charge in [0.05, 0.1) is 35.8 Å². The summed E-state index contributed by atoms with van der Waals surface area (Å²) in [5.74, 6) is 2.24. The highest BCUT2D eigenvalue weighted by Crippen LogP contribution is 2.48. The smallest absolute Gasteiger partial charge is 0.337 e. The van der Waals surface area contributed by atoms with Gasteiger partial charge in [0.2, 0.25) is 0 Å². The predicted molar refractivity (Wildman–Crippen MR) is 168 cm³/mol.